The van der Waals surface area contributed by atoms with Gasteiger partial charge >= 0.3 is 0 Å². The molecule has 0 radical (unpaired) electrons. The second kappa shape index (κ2) is 6.40. The molecule has 0 aliphatic heterocycles. The van der Waals surface area contributed by atoms with E-state index in [0.29, 0.717) is 17.4 Å². The van der Waals surface area contributed by atoms with E-state index < -0.39 is 0 Å². The van der Waals surface area contributed by atoms with E-state index >= 15 is 0 Å². The number of para-hydroxylation sites is 1. The van der Waals surface area contributed by atoms with E-state index in [0.717, 1.165) is 29.6 Å². The van der Waals surface area contributed by atoms with Crippen molar-refractivity contribution in [2.75, 3.05) is 5.73 Å². The van der Waals surface area contributed by atoms with Crippen LogP contribution in [0.4, 0.5) is 10.2 Å². The summed E-state index contributed by atoms with van der Waals surface area (Å²) in [5.74, 6) is 0.664. The number of hydrogen-bond acceptors (Lipinski definition) is 5. The topological polar surface area (TPSA) is 87.4 Å². The Labute approximate surface area is 161 Å². The highest BCUT2D eigenvalue weighted by molar-refractivity contribution is 5.90. The number of halogens is 1. The van der Waals surface area contributed by atoms with Crippen LogP contribution in [0.3, 0.4) is 0 Å². The van der Waals surface area contributed by atoms with Crippen LogP contribution in [0.5, 0.6) is 0 Å². The van der Waals surface area contributed by atoms with Crippen LogP contribution < -0.4 is 5.73 Å². The molecular formula is C20H20FN7. The Bertz CT molecular complexity index is 1160. The molecule has 1 aromatic carbocycles. The van der Waals surface area contributed by atoms with E-state index in [4.69, 9.17) is 5.73 Å². The number of benzene rings is 1. The Hall–Kier alpha value is -3.29. The fourth-order valence-corrected chi connectivity index (χ4v) is 3.83. The summed E-state index contributed by atoms with van der Waals surface area (Å²) in [6.07, 6.45) is 8.91. The van der Waals surface area contributed by atoms with E-state index in [9.17, 15) is 4.39 Å². The number of nitrogen functional groups attached to an aromatic ring is 1. The van der Waals surface area contributed by atoms with Crippen LogP contribution in [-0.2, 0) is 0 Å². The largest absolute Gasteiger partial charge is 0.383 e. The van der Waals surface area contributed by atoms with Crippen LogP contribution in [0.1, 0.15) is 49.4 Å². The van der Waals surface area contributed by atoms with Gasteiger partial charge in [-0.2, -0.15) is 0 Å². The third-order valence-corrected chi connectivity index (χ3v) is 5.67. The Morgan fingerprint density at radius 3 is 2.75 bits per heavy atom. The van der Waals surface area contributed by atoms with E-state index in [2.05, 4.69) is 31.0 Å². The minimum Gasteiger partial charge on any atom is -0.383 e. The smallest absolute Gasteiger partial charge is 0.148 e. The van der Waals surface area contributed by atoms with Crippen molar-refractivity contribution >= 4 is 16.9 Å². The minimum atomic E-state index is -0.342. The third-order valence-electron chi connectivity index (χ3n) is 5.67. The lowest BCUT2D eigenvalue weighted by molar-refractivity contribution is 0.421. The summed E-state index contributed by atoms with van der Waals surface area (Å²) in [6.45, 7) is 2.03. The molecule has 1 saturated carbocycles. The summed E-state index contributed by atoms with van der Waals surface area (Å²) in [5, 5.41) is 9.33. The fourth-order valence-electron chi connectivity index (χ4n) is 3.83. The van der Waals surface area contributed by atoms with E-state index in [-0.39, 0.29) is 11.9 Å². The lowest BCUT2D eigenvalue weighted by Gasteiger charge is -2.25. The Morgan fingerprint density at radius 2 is 2.00 bits per heavy atom. The molecule has 1 unspecified atom stereocenters. The van der Waals surface area contributed by atoms with Crippen molar-refractivity contribution in [2.24, 2.45) is 0 Å². The highest BCUT2D eigenvalue weighted by Crippen LogP contribution is 2.42. The first-order chi connectivity index (χ1) is 13.6. The maximum absolute atomic E-state index is 14.1. The van der Waals surface area contributed by atoms with Crippen LogP contribution in [0.25, 0.3) is 16.7 Å². The summed E-state index contributed by atoms with van der Waals surface area (Å²) in [5.41, 5.74) is 9.27. The van der Waals surface area contributed by atoms with Gasteiger partial charge in [0.15, 0.2) is 0 Å². The number of hydrogen-bond donors (Lipinski definition) is 1. The van der Waals surface area contributed by atoms with Crippen molar-refractivity contribution in [2.45, 2.75) is 38.1 Å². The molecule has 0 bridgehead atoms. The second-order valence-corrected chi connectivity index (χ2v) is 7.29. The van der Waals surface area contributed by atoms with Gasteiger partial charge < -0.3 is 10.3 Å². The van der Waals surface area contributed by atoms with E-state index in [1.165, 1.54) is 29.1 Å². The Morgan fingerprint density at radius 1 is 1.18 bits per heavy atom. The van der Waals surface area contributed by atoms with Crippen LogP contribution in [0, 0.1) is 5.82 Å². The fraction of sp³-hybridized carbons (Fsp3) is 0.300. The molecular weight excluding hydrogens is 357 g/mol. The molecule has 142 valence electrons. The van der Waals surface area contributed by atoms with Crippen molar-refractivity contribution < 1.29 is 4.39 Å². The van der Waals surface area contributed by atoms with Gasteiger partial charge in [0.25, 0.3) is 0 Å². The van der Waals surface area contributed by atoms with Crippen LogP contribution in [-0.4, -0.2) is 29.5 Å². The SMILES string of the molecule is CC(c1cn(-c2ccccc2F)nn1)n1cc(C2CCC2)c2c(N)ncnc21. The summed E-state index contributed by atoms with van der Waals surface area (Å²) in [4.78, 5) is 8.67. The van der Waals surface area contributed by atoms with Gasteiger partial charge in [-0.25, -0.2) is 19.0 Å². The summed E-state index contributed by atoms with van der Waals surface area (Å²) in [7, 11) is 0. The van der Waals surface area contributed by atoms with Gasteiger partial charge in [-0.1, -0.05) is 23.8 Å². The first-order valence-corrected chi connectivity index (χ1v) is 9.41. The van der Waals surface area contributed by atoms with Gasteiger partial charge in [0.1, 0.15) is 35.0 Å². The van der Waals surface area contributed by atoms with Gasteiger partial charge in [0.2, 0.25) is 0 Å². The van der Waals surface area contributed by atoms with Crippen molar-refractivity contribution in [1.29, 1.82) is 0 Å². The molecule has 3 aromatic heterocycles. The molecule has 3 heterocycles. The monoisotopic (exact) mass is 377 g/mol. The van der Waals surface area contributed by atoms with Crippen LogP contribution in [0.15, 0.2) is 43.0 Å². The van der Waals surface area contributed by atoms with Crippen LogP contribution >= 0.6 is 0 Å². The van der Waals surface area contributed by atoms with E-state index in [1.54, 1.807) is 24.4 Å². The first-order valence-electron chi connectivity index (χ1n) is 9.41. The molecule has 28 heavy (non-hydrogen) atoms. The number of rotatable bonds is 4. The maximum Gasteiger partial charge on any atom is 0.148 e. The number of anilines is 1. The summed E-state index contributed by atoms with van der Waals surface area (Å²) < 4.78 is 17.6. The molecule has 1 fully saturated rings. The standard InChI is InChI=1S/C20H20FN7/c1-12(16-10-28(26-25-16)17-8-3-2-7-15(17)21)27-9-14(13-5-4-6-13)18-19(22)23-11-24-20(18)27/h2-3,7-13H,4-6H2,1H3,(H2,22,23,24). The molecule has 2 N–H and O–H groups in total. The van der Waals surface area contributed by atoms with Crippen molar-refractivity contribution in [3.05, 3.63) is 60.1 Å². The normalized spacial score (nSPS) is 15.6. The lowest BCUT2D eigenvalue weighted by atomic mass is 9.80. The van der Waals surface area contributed by atoms with Crippen molar-refractivity contribution in [1.82, 2.24) is 29.5 Å². The van der Waals surface area contributed by atoms with Crippen molar-refractivity contribution in [3.8, 4) is 5.69 Å². The highest BCUT2D eigenvalue weighted by atomic mass is 19.1. The molecule has 7 nitrogen and oxygen atoms in total. The molecule has 1 atom stereocenters. The van der Waals surface area contributed by atoms with Crippen molar-refractivity contribution in [3.63, 3.8) is 0 Å². The average molecular weight is 377 g/mol. The molecule has 8 heteroatoms. The molecule has 0 saturated heterocycles. The predicted octanol–water partition coefficient (Wildman–Crippen LogP) is 3.61. The molecule has 0 spiro atoms. The minimum absolute atomic E-state index is 0.133. The molecule has 0 amide bonds. The molecule has 5 rings (SSSR count). The zero-order chi connectivity index (χ0) is 19.3. The maximum atomic E-state index is 14.1. The third kappa shape index (κ3) is 2.56. The zero-order valence-electron chi connectivity index (χ0n) is 15.5. The van der Waals surface area contributed by atoms with Gasteiger partial charge in [-0.3, -0.25) is 0 Å². The number of aromatic nitrogens is 6. The summed E-state index contributed by atoms with van der Waals surface area (Å²) in [6, 6.07) is 6.37. The van der Waals surface area contributed by atoms with Gasteiger partial charge in [-0.05, 0) is 43.4 Å². The number of nitrogens with two attached hydrogens (primary N) is 1. The predicted molar refractivity (Wildman–Crippen MR) is 104 cm³/mol. The second-order valence-electron chi connectivity index (χ2n) is 7.29. The highest BCUT2D eigenvalue weighted by Gasteiger charge is 2.27. The number of nitrogens with zero attached hydrogens (tertiary/aromatic N) is 6. The quantitative estimate of drug-likeness (QED) is 0.587. The lowest BCUT2D eigenvalue weighted by Crippen LogP contribution is -2.09. The zero-order valence-corrected chi connectivity index (χ0v) is 15.5. The van der Waals surface area contributed by atoms with Gasteiger partial charge in [-0.15, -0.1) is 5.10 Å². The Kier molecular flexibility index (Phi) is 3.85. The number of fused-ring (bicyclic) bond motifs is 1. The van der Waals surface area contributed by atoms with Gasteiger partial charge in [0.05, 0.1) is 17.6 Å². The molecule has 1 aliphatic rings. The van der Waals surface area contributed by atoms with E-state index in [1.807, 2.05) is 6.92 Å². The Balaban J connectivity index is 1.58. The molecule has 1 aliphatic carbocycles. The first kappa shape index (κ1) is 16.9. The van der Waals surface area contributed by atoms with Gasteiger partial charge in [0, 0.05) is 6.20 Å². The average Bonchev–Trinajstić information content (AvgIpc) is 3.27. The summed E-state index contributed by atoms with van der Waals surface area (Å²) >= 11 is 0. The van der Waals surface area contributed by atoms with Crippen LogP contribution in [0.2, 0.25) is 0 Å². The molecule has 4 aromatic rings.